The molecule has 3 aromatic rings. The van der Waals surface area contributed by atoms with Gasteiger partial charge in [-0.1, -0.05) is 42.0 Å². The molecule has 0 aliphatic heterocycles. The number of pyridine rings is 1. The van der Waals surface area contributed by atoms with Gasteiger partial charge >= 0.3 is 0 Å². The fraction of sp³-hybridized carbons (Fsp3) is 0.167. The fourth-order valence-electron chi connectivity index (χ4n) is 2.61. The highest BCUT2D eigenvalue weighted by atomic mass is 79.9. The van der Waals surface area contributed by atoms with E-state index in [9.17, 15) is 0 Å². The maximum absolute atomic E-state index is 4.85. The maximum Gasteiger partial charge on any atom is 0.0857 e. The van der Waals surface area contributed by atoms with Crippen molar-refractivity contribution in [3.8, 4) is 11.3 Å². The summed E-state index contributed by atoms with van der Waals surface area (Å²) in [6, 6.07) is 14.8. The van der Waals surface area contributed by atoms with Gasteiger partial charge in [-0.05, 0) is 53.9 Å². The summed E-state index contributed by atoms with van der Waals surface area (Å²) in [7, 11) is 0. The van der Waals surface area contributed by atoms with Crippen LogP contribution in [0.3, 0.4) is 0 Å². The van der Waals surface area contributed by atoms with Gasteiger partial charge < -0.3 is 0 Å². The number of nitrogens with zero attached hydrogens (tertiary/aromatic N) is 1. The van der Waals surface area contributed by atoms with E-state index in [0.717, 1.165) is 15.7 Å². The molecular weight excluding hydrogens is 310 g/mol. The molecule has 0 aliphatic rings. The Bertz CT molecular complexity index is 806. The Balaban J connectivity index is 2.34. The minimum absolute atomic E-state index is 1.03. The second-order valence-corrected chi connectivity index (χ2v) is 6.03. The van der Waals surface area contributed by atoms with Gasteiger partial charge in [-0.25, -0.2) is 4.98 Å². The molecule has 2 heteroatoms. The number of aromatic nitrogens is 1. The third-order valence-electron chi connectivity index (χ3n) is 3.71. The van der Waals surface area contributed by atoms with Gasteiger partial charge in [0.25, 0.3) is 0 Å². The summed E-state index contributed by atoms with van der Waals surface area (Å²) in [5.41, 5.74) is 7.04. The minimum atomic E-state index is 1.03. The van der Waals surface area contributed by atoms with Crippen LogP contribution in [0.15, 0.2) is 46.9 Å². The largest absolute Gasteiger partial charge is 0.247 e. The Morgan fingerprint density at radius 3 is 2.45 bits per heavy atom. The molecule has 0 saturated carbocycles. The summed E-state index contributed by atoms with van der Waals surface area (Å²) in [6.45, 7) is 6.40. The van der Waals surface area contributed by atoms with Gasteiger partial charge in [0, 0.05) is 15.4 Å². The van der Waals surface area contributed by atoms with Crippen LogP contribution in [-0.2, 0) is 0 Å². The predicted octanol–water partition coefficient (Wildman–Crippen LogP) is 5.59. The van der Waals surface area contributed by atoms with Crippen LogP contribution in [0, 0.1) is 20.8 Å². The Labute approximate surface area is 127 Å². The van der Waals surface area contributed by atoms with Crippen LogP contribution in [0.2, 0.25) is 0 Å². The molecule has 0 bridgehead atoms. The van der Waals surface area contributed by atoms with Gasteiger partial charge in [-0.15, -0.1) is 0 Å². The standard InChI is InChI=1S/C18H16BrN/c1-11-8-9-14(12(2)10-11)18-17(19)13(3)15-6-4-5-7-16(15)20-18/h4-10H,1-3H3. The van der Waals surface area contributed by atoms with Crippen LogP contribution < -0.4 is 0 Å². The van der Waals surface area contributed by atoms with E-state index in [4.69, 9.17) is 4.98 Å². The van der Waals surface area contributed by atoms with Gasteiger partial charge in [0.15, 0.2) is 0 Å². The smallest absolute Gasteiger partial charge is 0.0857 e. The third kappa shape index (κ3) is 2.14. The summed E-state index contributed by atoms with van der Waals surface area (Å²) in [4.78, 5) is 4.85. The number of aryl methyl sites for hydroxylation is 3. The van der Waals surface area contributed by atoms with E-state index in [0.29, 0.717) is 0 Å². The van der Waals surface area contributed by atoms with Crippen molar-refractivity contribution in [1.29, 1.82) is 0 Å². The molecule has 0 saturated heterocycles. The zero-order valence-electron chi connectivity index (χ0n) is 11.9. The van der Waals surface area contributed by atoms with E-state index < -0.39 is 0 Å². The molecule has 1 aromatic heterocycles. The lowest BCUT2D eigenvalue weighted by atomic mass is 10.00. The van der Waals surface area contributed by atoms with E-state index in [1.54, 1.807) is 0 Å². The molecule has 0 aliphatic carbocycles. The van der Waals surface area contributed by atoms with Crippen molar-refractivity contribution in [3.05, 3.63) is 63.6 Å². The van der Waals surface area contributed by atoms with Crippen molar-refractivity contribution in [1.82, 2.24) is 4.98 Å². The van der Waals surface area contributed by atoms with Gasteiger partial charge in [0.2, 0.25) is 0 Å². The summed E-state index contributed by atoms with van der Waals surface area (Å²) < 4.78 is 1.09. The van der Waals surface area contributed by atoms with Crippen LogP contribution in [0.1, 0.15) is 16.7 Å². The molecule has 0 fully saturated rings. The average molecular weight is 326 g/mol. The molecule has 0 unspecified atom stereocenters. The Kier molecular flexibility index (Phi) is 3.35. The fourth-order valence-corrected chi connectivity index (χ4v) is 3.13. The molecule has 0 atom stereocenters. The summed E-state index contributed by atoms with van der Waals surface area (Å²) >= 11 is 3.73. The third-order valence-corrected chi connectivity index (χ3v) is 4.68. The lowest BCUT2D eigenvalue weighted by molar-refractivity contribution is 1.30. The molecule has 0 radical (unpaired) electrons. The Morgan fingerprint density at radius 2 is 1.70 bits per heavy atom. The van der Waals surface area contributed by atoms with Gasteiger partial charge in [0.05, 0.1) is 11.2 Å². The van der Waals surface area contributed by atoms with Crippen LogP contribution in [0.5, 0.6) is 0 Å². The minimum Gasteiger partial charge on any atom is -0.247 e. The zero-order chi connectivity index (χ0) is 14.3. The molecule has 3 rings (SSSR count). The number of halogens is 1. The summed E-state index contributed by atoms with van der Waals surface area (Å²) in [5.74, 6) is 0. The van der Waals surface area contributed by atoms with E-state index in [-0.39, 0.29) is 0 Å². The number of fused-ring (bicyclic) bond motifs is 1. The lowest BCUT2D eigenvalue weighted by Crippen LogP contribution is -1.94. The van der Waals surface area contributed by atoms with Crippen molar-refractivity contribution in [3.63, 3.8) is 0 Å². The number of rotatable bonds is 1. The molecule has 100 valence electrons. The van der Waals surface area contributed by atoms with E-state index in [2.05, 4.69) is 73.1 Å². The SMILES string of the molecule is Cc1ccc(-c2nc3ccccc3c(C)c2Br)c(C)c1. The topological polar surface area (TPSA) is 12.9 Å². The molecule has 0 spiro atoms. The molecule has 20 heavy (non-hydrogen) atoms. The van der Waals surface area contributed by atoms with Crippen LogP contribution >= 0.6 is 15.9 Å². The van der Waals surface area contributed by atoms with E-state index in [1.165, 1.54) is 27.6 Å². The van der Waals surface area contributed by atoms with Crippen LogP contribution in [-0.4, -0.2) is 4.98 Å². The number of hydrogen-bond donors (Lipinski definition) is 0. The van der Waals surface area contributed by atoms with Crippen LogP contribution in [0.25, 0.3) is 22.2 Å². The normalized spacial score (nSPS) is 11.0. The van der Waals surface area contributed by atoms with Gasteiger partial charge in [-0.3, -0.25) is 0 Å². The summed E-state index contributed by atoms with van der Waals surface area (Å²) in [6.07, 6.45) is 0. The molecule has 1 heterocycles. The van der Waals surface area contributed by atoms with E-state index in [1.807, 2.05) is 6.07 Å². The molecule has 0 N–H and O–H groups in total. The Hall–Kier alpha value is -1.67. The second-order valence-electron chi connectivity index (χ2n) is 5.23. The van der Waals surface area contributed by atoms with Crippen molar-refractivity contribution in [2.24, 2.45) is 0 Å². The molecule has 0 amide bonds. The highest BCUT2D eigenvalue weighted by Crippen LogP contribution is 2.35. The monoisotopic (exact) mass is 325 g/mol. The van der Waals surface area contributed by atoms with E-state index >= 15 is 0 Å². The number of hydrogen-bond acceptors (Lipinski definition) is 1. The van der Waals surface area contributed by atoms with Gasteiger partial charge in [0.1, 0.15) is 0 Å². The molecule has 2 aromatic carbocycles. The first-order valence-electron chi connectivity index (χ1n) is 6.70. The average Bonchev–Trinajstić information content (AvgIpc) is 2.43. The second kappa shape index (κ2) is 5.02. The van der Waals surface area contributed by atoms with Crippen molar-refractivity contribution in [2.75, 3.05) is 0 Å². The highest BCUT2D eigenvalue weighted by Gasteiger charge is 2.13. The number of benzene rings is 2. The Morgan fingerprint density at radius 1 is 0.950 bits per heavy atom. The van der Waals surface area contributed by atoms with Crippen LogP contribution in [0.4, 0.5) is 0 Å². The molecule has 1 nitrogen and oxygen atoms in total. The van der Waals surface area contributed by atoms with Gasteiger partial charge in [-0.2, -0.15) is 0 Å². The maximum atomic E-state index is 4.85. The van der Waals surface area contributed by atoms with Crippen molar-refractivity contribution in [2.45, 2.75) is 20.8 Å². The van der Waals surface area contributed by atoms with Crippen molar-refractivity contribution >= 4 is 26.8 Å². The lowest BCUT2D eigenvalue weighted by Gasteiger charge is -2.12. The summed E-state index contributed by atoms with van der Waals surface area (Å²) in [5, 5.41) is 1.20. The number of para-hydroxylation sites is 1. The van der Waals surface area contributed by atoms with Crippen molar-refractivity contribution < 1.29 is 0 Å². The highest BCUT2D eigenvalue weighted by molar-refractivity contribution is 9.10. The predicted molar refractivity (Wildman–Crippen MR) is 89.1 cm³/mol. The first kappa shape index (κ1) is 13.3. The zero-order valence-corrected chi connectivity index (χ0v) is 13.5. The first-order chi connectivity index (χ1) is 9.58. The quantitative estimate of drug-likeness (QED) is 0.568. The molecular formula is C18H16BrN. The first-order valence-corrected chi connectivity index (χ1v) is 7.49.